The molecular formula is C34H39Cl2FN8O. The molecule has 0 radical (unpaired) electrons. The number of hydrogen-bond acceptors (Lipinski definition) is 8. The number of anilines is 3. The lowest BCUT2D eigenvalue weighted by molar-refractivity contribution is 0.0866. The molecular weight excluding hydrogens is 626 g/mol. The third-order valence-electron chi connectivity index (χ3n) is 8.34. The number of likely N-dealkylation sites (tertiary alicyclic amines) is 1. The Hall–Kier alpha value is -3.75. The molecule has 2 aromatic carbocycles. The zero-order chi connectivity index (χ0) is 33.0. The Morgan fingerprint density at radius 1 is 1.17 bits per heavy atom. The van der Waals surface area contributed by atoms with Gasteiger partial charge in [-0.3, -0.25) is 9.88 Å². The number of nitrogens with zero attached hydrogens (tertiary/aromatic N) is 6. The van der Waals surface area contributed by atoms with E-state index in [0.717, 1.165) is 37.2 Å². The van der Waals surface area contributed by atoms with E-state index in [4.69, 9.17) is 27.9 Å². The Balaban J connectivity index is 1.47. The molecule has 0 unspecified atom stereocenters. The smallest absolute Gasteiger partial charge is 0.141 e. The lowest BCUT2D eigenvalue weighted by atomic mass is 9.98. The number of hydrogen-bond donors (Lipinski definition) is 2. The minimum absolute atomic E-state index is 0.0385. The molecule has 1 aliphatic heterocycles. The molecule has 9 nitrogen and oxygen atoms in total. The average Bonchev–Trinajstić information content (AvgIpc) is 3.52. The highest BCUT2D eigenvalue weighted by molar-refractivity contribution is 6.36. The van der Waals surface area contributed by atoms with Crippen molar-refractivity contribution in [1.29, 1.82) is 5.26 Å². The SMILES string of the molecule is C=C(CCOCC)[C@H](Nc1cc(Cl)c2ncc(C#N)c(Nc3ccc(F)c(Cl)c3)c2c1)c1cn(C2CCN(C(C)(C)C)CC2)nn1. The van der Waals surface area contributed by atoms with Crippen LogP contribution in [0.5, 0.6) is 0 Å². The van der Waals surface area contributed by atoms with Crippen molar-refractivity contribution in [2.75, 3.05) is 36.9 Å². The molecule has 242 valence electrons. The fourth-order valence-corrected chi connectivity index (χ4v) is 6.18. The molecule has 0 amide bonds. The lowest BCUT2D eigenvalue weighted by Crippen LogP contribution is -2.46. The van der Waals surface area contributed by atoms with Gasteiger partial charge in [0.2, 0.25) is 0 Å². The van der Waals surface area contributed by atoms with Gasteiger partial charge in [0.05, 0.1) is 51.7 Å². The molecule has 0 aliphatic carbocycles. The number of halogens is 3. The first kappa shape index (κ1) is 33.6. The number of ether oxygens (including phenoxy) is 1. The molecule has 0 saturated carbocycles. The highest BCUT2D eigenvalue weighted by Crippen LogP contribution is 2.37. The second-order valence-corrected chi connectivity index (χ2v) is 13.3. The minimum atomic E-state index is -0.537. The fourth-order valence-electron chi connectivity index (χ4n) is 5.73. The van der Waals surface area contributed by atoms with E-state index in [-0.39, 0.29) is 16.6 Å². The Kier molecular flexibility index (Phi) is 10.5. The topological polar surface area (TPSA) is 104 Å². The molecule has 0 spiro atoms. The first-order chi connectivity index (χ1) is 22.0. The Bertz CT molecular complexity index is 1750. The van der Waals surface area contributed by atoms with E-state index in [9.17, 15) is 9.65 Å². The summed E-state index contributed by atoms with van der Waals surface area (Å²) >= 11 is 12.8. The summed E-state index contributed by atoms with van der Waals surface area (Å²) in [5.74, 6) is -0.537. The Morgan fingerprint density at radius 2 is 1.91 bits per heavy atom. The van der Waals surface area contributed by atoms with Gasteiger partial charge >= 0.3 is 0 Å². The molecule has 2 aromatic heterocycles. The summed E-state index contributed by atoms with van der Waals surface area (Å²) in [5.41, 5.74) is 4.20. The molecule has 5 rings (SSSR count). The molecule has 0 bridgehead atoms. The summed E-state index contributed by atoms with van der Waals surface area (Å²) in [7, 11) is 0. The number of nitrogens with one attached hydrogen (secondary N) is 2. The van der Waals surface area contributed by atoms with Gasteiger partial charge in [0.1, 0.15) is 17.6 Å². The van der Waals surface area contributed by atoms with Crippen LogP contribution in [0.25, 0.3) is 10.9 Å². The maximum atomic E-state index is 13.9. The van der Waals surface area contributed by atoms with Gasteiger partial charge in [-0.2, -0.15) is 5.26 Å². The van der Waals surface area contributed by atoms with Crippen molar-refractivity contribution in [3.05, 3.63) is 82.0 Å². The molecule has 3 heterocycles. The highest BCUT2D eigenvalue weighted by atomic mass is 35.5. The van der Waals surface area contributed by atoms with E-state index < -0.39 is 11.9 Å². The van der Waals surface area contributed by atoms with Gasteiger partial charge in [0.25, 0.3) is 0 Å². The van der Waals surface area contributed by atoms with Gasteiger partial charge in [-0.25, -0.2) is 9.07 Å². The van der Waals surface area contributed by atoms with E-state index in [2.05, 4.69) is 64.2 Å². The van der Waals surface area contributed by atoms with Crippen molar-refractivity contribution >= 4 is 51.2 Å². The van der Waals surface area contributed by atoms with Crippen LogP contribution in [0.3, 0.4) is 0 Å². The van der Waals surface area contributed by atoms with E-state index in [1.54, 1.807) is 12.1 Å². The van der Waals surface area contributed by atoms with Crippen LogP contribution in [0.15, 0.2) is 54.9 Å². The Labute approximate surface area is 279 Å². The molecule has 2 N–H and O–H groups in total. The van der Waals surface area contributed by atoms with Crippen LogP contribution in [0, 0.1) is 17.1 Å². The third-order valence-corrected chi connectivity index (χ3v) is 8.91. The van der Waals surface area contributed by atoms with Crippen molar-refractivity contribution in [3.8, 4) is 6.07 Å². The first-order valence-corrected chi connectivity index (χ1v) is 16.2. The molecule has 1 aliphatic rings. The van der Waals surface area contributed by atoms with Gasteiger partial charge in [0.15, 0.2) is 0 Å². The summed E-state index contributed by atoms with van der Waals surface area (Å²) in [6.45, 7) is 16.2. The maximum Gasteiger partial charge on any atom is 0.141 e. The second-order valence-electron chi connectivity index (χ2n) is 12.5. The zero-order valence-electron chi connectivity index (χ0n) is 26.6. The maximum absolute atomic E-state index is 13.9. The number of aromatic nitrogens is 4. The molecule has 1 saturated heterocycles. The lowest BCUT2D eigenvalue weighted by Gasteiger charge is -2.40. The van der Waals surface area contributed by atoms with Crippen molar-refractivity contribution in [1.82, 2.24) is 24.9 Å². The summed E-state index contributed by atoms with van der Waals surface area (Å²) in [4.78, 5) is 6.96. The minimum Gasteiger partial charge on any atom is -0.381 e. The summed E-state index contributed by atoms with van der Waals surface area (Å²) < 4.78 is 21.5. The molecule has 4 aromatic rings. The molecule has 1 atom stereocenters. The van der Waals surface area contributed by atoms with Crippen LogP contribution < -0.4 is 10.6 Å². The van der Waals surface area contributed by atoms with Gasteiger partial charge in [0, 0.05) is 48.2 Å². The number of benzene rings is 2. The Morgan fingerprint density at radius 3 is 2.59 bits per heavy atom. The van der Waals surface area contributed by atoms with E-state index in [1.165, 1.54) is 18.3 Å². The summed E-state index contributed by atoms with van der Waals surface area (Å²) in [6, 6.07) is 9.99. The zero-order valence-corrected chi connectivity index (χ0v) is 28.1. The predicted molar refractivity (Wildman–Crippen MR) is 182 cm³/mol. The average molecular weight is 666 g/mol. The number of piperidine rings is 1. The quantitative estimate of drug-likeness (QED) is 0.122. The number of nitriles is 1. The molecule has 46 heavy (non-hydrogen) atoms. The highest BCUT2D eigenvalue weighted by Gasteiger charge is 2.29. The number of rotatable bonds is 11. The van der Waals surface area contributed by atoms with Crippen LogP contribution in [0.2, 0.25) is 10.0 Å². The van der Waals surface area contributed by atoms with Crippen molar-refractivity contribution in [2.45, 2.75) is 64.6 Å². The van der Waals surface area contributed by atoms with Crippen LogP contribution >= 0.6 is 23.2 Å². The van der Waals surface area contributed by atoms with Gasteiger partial charge < -0.3 is 15.4 Å². The molecule has 1 fully saturated rings. The standard InChI is InChI=1S/C34H39Cl2FN8O/c1-6-46-14-11-21(2)31(30-20-45(43-42-30)25-9-12-44(13-10-25)34(3,4)5)41-24-15-26-32(40-23-7-8-29(37)27(35)16-23)22(18-38)19-39-33(26)28(36)17-24/h7-8,15-17,19-20,25,31,41H,2,6,9-14H2,1,3-5H3,(H,39,40)/t31-/m0/s1. The fraction of sp³-hybridized carbons (Fsp3) is 0.412. The first-order valence-electron chi connectivity index (χ1n) is 15.4. The van der Waals surface area contributed by atoms with Gasteiger partial charge in [-0.1, -0.05) is 35.0 Å². The van der Waals surface area contributed by atoms with Crippen molar-refractivity contribution in [2.24, 2.45) is 0 Å². The van der Waals surface area contributed by atoms with E-state index in [1.807, 2.05) is 23.9 Å². The second kappa shape index (κ2) is 14.3. The summed E-state index contributed by atoms with van der Waals surface area (Å²) in [6.07, 6.45) is 6.06. The normalized spacial score (nSPS) is 15.1. The van der Waals surface area contributed by atoms with E-state index >= 15 is 0 Å². The van der Waals surface area contributed by atoms with Gasteiger partial charge in [-0.05, 0) is 82.9 Å². The molecule has 12 heteroatoms. The number of pyridine rings is 1. The van der Waals surface area contributed by atoms with Crippen LogP contribution in [-0.4, -0.2) is 56.7 Å². The van der Waals surface area contributed by atoms with Crippen molar-refractivity contribution < 1.29 is 9.13 Å². The van der Waals surface area contributed by atoms with Crippen LogP contribution in [0.1, 0.15) is 70.3 Å². The van der Waals surface area contributed by atoms with Crippen LogP contribution in [-0.2, 0) is 4.74 Å². The predicted octanol–water partition coefficient (Wildman–Crippen LogP) is 8.46. The van der Waals surface area contributed by atoms with Crippen LogP contribution in [0.4, 0.5) is 21.5 Å². The monoisotopic (exact) mass is 664 g/mol. The number of fused-ring (bicyclic) bond motifs is 1. The summed E-state index contributed by atoms with van der Waals surface area (Å²) in [5, 5.41) is 26.8. The van der Waals surface area contributed by atoms with Gasteiger partial charge in [-0.15, -0.1) is 5.10 Å². The third kappa shape index (κ3) is 7.61. The largest absolute Gasteiger partial charge is 0.381 e. The van der Waals surface area contributed by atoms with E-state index in [0.29, 0.717) is 58.2 Å². The van der Waals surface area contributed by atoms with Crippen molar-refractivity contribution in [3.63, 3.8) is 0 Å².